The minimum Gasteiger partial charge on any atom is -0.396 e. The third-order valence-corrected chi connectivity index (χ3v) is 1.61. The van der Waals surface area contributed by atoms with Crippen molar-refractivity contribution >= 4 is 17.2 Å². The lowest BCUT2D eigenvalue weighted by molar-refractivity contribution is 0.898. The van der Waals surface area contributed by atoms with Crippen LogP contribution in [0.2, 0.25) is 0 Å². The lowest BCUT2D eigenvalue weighted by Crippen LogP contribution is -2.10. The van der Waals surface area contributed by atoms with E-state index in [1.807, 2.05) is 6.07 Å². The third-order valence-electron chi connectivity index (χ3n) is 1.61. The Kier molecular flexibility index (Phi) is 3.34. The van der Waals surface area contributed by atoms with Gasteiger partial charge in [-0.2, -0.15) is 0 Å². The Morgan fingerprint density at radius 2 is 2.29 bits per heavy atom. The Morgan fingerprint density at radius 1 is 1.57 bits per heavy atom. The SMILES string of the molecule is C=CNc1ncc(NC(C)C)cc1N. The molecule has 0 aliphatic carbocycles. The van der Waals surface area contributed by atoms with Crippen LogP contribution in [0.25, 0.3) is 0 Å². The van der Waals surface area contributed by atoms with E-state index in [2.05, 4.69) is 36.0 Å². The van der Waals surface area contributed by atoms with E-state index in [0.717, 1.165) is 5.69 Å². The highest BCUT2D eigenvalue weighted by Crippen LogP contribution is 2.19. The van der Waals surface area contributed by atoms with Gasteiger partial charge in [-0.3, -0.25) is 0 Å². The molecule has 0 fully saturated rings. The molecule has 0 radical (unpaired) electrons. The highest BCUT2D eigenvalue weighted by Gasteiger charge is 2.01. The van der Waals surface area contributed by atoms with E-state index in [0.29, 0.717) is 17.5 Å². The van der Waals surface area contributed by atoms with Gasteiger partial charge < -0.3 is 16.4 Å². The number of nitrogen functional groups attached to an aromatic ring is 1. The van der Waals surface area contributed by atoms with Crippen LogP contribution in [0.1, 0.15) is 13.8 Å². The van der Waals surface area contributed by atoms with Crippen molar-refractivity contribution in [1.29, 1.82) is 0 Å². The van der Waals surface area contributed by atoms with Crippen molar-refractivity contribution < 1.29 is 0 Å². The maximum atomic E-state index is 5.77. The Morgan fingerprint density at radius 3 is 2.79 bits per heavy atom. The van der Waals surface area contributed by atoms with E-state index in [9.17, 15) is 0 Å². The van der Waals surface area contributed by atoms with Crippen LogP contribution in [0.4, 0.5) is 17.2 Å². The Labute approximate surface area is 84.2 Å². The molecule has 4 nitrogen and oxygen atoms in total. The van der Waals surface area contributed by atoms with Crippen LogP contribution >= 0.6 is 0 Å². The van der Waals surface area contributed by atoms with E-state index in [-0.39, 0.29) is 0 Å². The topological polar surface area (TPSA) is 63.0 Å². The largest absolute Gasteiger partial charge is 0.396 e. The molecule has 0 bridgehead atoms. The summed E-state index contributed by atoms with van der Waals surface area (Å²) in [6.07, 6.45) is 3.29. The quantitative estimate of drug-likeness (QED) is 0.683. The van der Waals surface area contributed by atoms with Gasteiger partial charge in [0.05, 0.1) is 17.6 Å². The smallest absolute Gasteiger partial charge is 0.153 e. The van der Waals surface area contributed by atoms with Crippen molar-refractivity contribution in [3.63, 3.8) is 0 Å². The molecule has 0 aliphatic rings. The highest BCUT2D eigenvalue weighted by atomic mass is 15.0. The van der Waals surface area contributed by atoms with E-state index in [4.69, 9.17) is 5.73 Å². The van der Waals surface area contributed by atoms with Gasteiger partial charge in [-0.1, -0.05) is 6.58 Å². The van der Waals surface area contributed by atoms with Crippen LogP contribution in [0, 0.1) is 0 Å². The summed E-state index contributed by atoms with van der Waals surface area (Å²) in [6.45, 7) is 7.67. The van der Waals surface area contributed by atoms with Crippen LogP contribution in [0.3, 0.4) is 0 Å². The number of pyridine rings is 1. The molecule has 0 unspecified atom stereocenters. The summed E-state index contributed by atoms with van der Waals surface area (Å²) in [6, 6.07) is 2.22. The van der Waals surface area contributed by atoms with Crippen molar-refractivity contribution in [1.82, 2.24) is 4.98 Å². The summed E-state index contributed by atoms with van der Waals surface area (Å²) in [5, 5.41) is 6.08. The van der Waals surface area contributed by atoms with Crippen molar-refractivity contribution in [2.24, 2.45) is 0 Å². The fraction of sp³-hybridized carbons (Fsp3) is 0.300. The molecule has 0 atom stereocenters. The molecule has 1 heterocycles. The molecule has 0 spiro atoms. The fourth-order valence-corrected chi connectivity index (χ4v) is 1.11. The van der Waals surface area contributed by atoms with Gasteiger partial charge in [-0.15, -0.1) is 0 Å². The number of nitrogens with two attached hydrogens (primary N) is 1. The lowest BCUT2D eigenvalue weighted by atomic mass is 10.3. The van der Waals surface area contributed by atoms with Gasteiger partial charge in [0.1, 0.15) is 0 Å². The van der Waals surface area contributed by atoms with Gasteiger partial charge in [0.25, 0.3) is 0 Å². The molecule has 0 aliphatic heterocycles. The summed E-state index contributed by atoms with van der Waals surface area (Å²) in [7, 11) is 0. The average molecular weight is 192 g/mol. The second kappa shape index (κ2) is 4.50. The summed E-state index contributed by atoms with van der Waals surface area (Å²) < 4.78 is 0. The van der Waals surface area contributed by atoms with Crippen LogP contribution in [0.15, 0.2) is 25.0 Å². The van der Waals surface area contributed by atoms with Gasteiger partial charge in [-0.25, -0.2) is 4.98 Å². The summed E-state index contributed by atoms with van der Waals surface area (Å²) >= 11 is 0. The van der Waals surface area contributed by atoms with Gasteiger partial charge in [0.15, 0.2) is 5.82 Å². The van der Waals surface area contributed by atoms with E-state index < -0.39 is 0 Å². The maximum Gasteiger partial charge on any atom is 0.153 e. The molecule has 1 aromatic rings. The predicted molar refractivity (Wildman–Crippen MR) is 61.2 cm³/mol. The summed E-state index contributed by atoms with van der Waals surface area (Å²) in [4.78, 5) is 4.15. The molecule has 4 heteroatoms. The zero-order valence-electron chi connectivity index (χ0n) is 8.54. The van der Waals surface area contributed by atoms with Crippen LogP contribution < -0.4 is 16.4 Å². The fourth-order valence-electron chi connectivity index (χ4n) is 1.11. The van der Waals surface area contributed by atoms with Crippen LogP contribution in [-0.4, -0.2) is 11.0 Å². The number of hydrogen-bond donors (Lipinski definition) is 3. The molecule has 4 N–H and O–H groups in total. The number of rotatable bonds is 4. The first-order chi connectivity index (χ1) is 6.63. The second-order valence-corrected chi connectivity index (χ2v) is 3.31. The molecular formula is C10H16N4. The van der Waals surface area contributed by atoms with Crippen molar-refractivity contribution in [3.8, 4) is 0 Å². The maximum absolute atomic E-state index is 5.77. The lowest BCUT2D eigenvalue weighted by Gasteiger charge is -2.11. The number of aromatic nitrogens is 1. The number of hydrogen-bond acceptors (Lipinski definition) is 4. The molecule has 0 saturated carbocycles. The molecule has 0 aromatic carbocycles. The first-order valence-electron chi connectivity index (χ1n) is 4.53. The molecular weight excluding hydrogens is 176 g/mol. The first kappa shape index (κ1) is 10.4. The van der Waals surface area contributed by atoms with Gasteiger partial charge in [-0.05, 0) is 26.1 Å². The summed E-state index contributed by atoms with van der Waals surface area (Å²) in [5.41, 5.74) is 7.30. The number of anilines is 3. The molecule has 14 heavy (non-hydrogen) atoms. The third kappa shape index (κ3) is 2.65. The highest BCUT2D eigenvalue weighted by molar-refractivity contribution is 5.67. The Balaban J connectivity index is 2.83. The Bertz CT molecular complexity index is 320. The molecule has 0 amide bonds. The summed E-state index contributed by atoms with van der Waals surface area (Å²) in [5.74, 6) is 0.634. The van der Waals surface area contributed by atoms with Crippen LogP contribution in [0.5, 0.6) is 0 Å². The first-order valence-corrected chi connectivity index (χ1v) is 4.53. The zero-order valence-corrected chi connectivity index (χ0v) is 8.54. The van der Waals surface area contributed by atoms with Crippen molar-refractivity contribution in [2.75, 3.05) is 16.4 Å². The van der Waals surface area contributed by atoms with Gasteiger partial charge in [0, 0.05) is 6.04 Å². The number of nitrogens with one attached hydrogen (secondary N) is 2. The molecule has 0 saturated heterocycles. The van der Waals surface area contributed by atoms with E-state index in [1.54, 1.807) is 12.4 Å². The number of nitrogens with zero attached hydrogens (tertiary/aromatic N) is 1. The van der Waals surface area contributed by atoms with Gasteiger partial charge >= 0.3 is 0 Å². The van der Waals surface area contributed by atoms with Crippen LogP contribution in [-0.2, 0) is 0 Å². The second-order valence-electron chi connectivity index (χ2n) is 3.31. The average Bonchev–Trinajstić information content (AvgIpc) is 2.09. The van der Waals surface area contributed by atoms with Crippen molar-refractivity contribution in [2.45, 2.75) is 19.9 Å². The minimum absolute atomic E-state index is 0.370. The molecule has 1 aromatic heterocycles. The normalized spacial score (nSPS) is 9.93. The molecule has 1 rings (SSSR count). The van der Waals surface area contributed by atoms with E-state index >= 15 is 0 Å². The monoisotopic (exact) mass is 192 g/mol. The molecule has 76 valence electrons. The predicted octanol–water partition coefficient (Wildman–Crippen LogP) is 2.04. The minimum atomic E-state index is 0.370. The standard InChI is InChI=1S/C10H16N4/c1-4-12-10-9(11)5-8(6-13-10)14-7(2)3/h4-7,14H,1,11H2,2-3H3,(H,12,13). The Hall–Kier alpha value is -1.71. The van der Waals surface area contributed by atoms with Gasteiger partial charge in [0.2, 0.25) is 0 Å². The van der Waals surface area contributed by atoms with E-state index in [1.165, 1.54) is 0 Å². The van der Waals surface area contributed by atoms with Crippen molar-refractivity contribution in [3.05, 3.63) is 25.0 Å². The zero-order chi connectivity index (χ0) is 10.6.